The van der Waals surface area contributed by atoms with Crippen LogP contribution in [0.3, 0.4) is 0 Å². The summed E-state index contributed by atoms with van der Waals surface area (Å²) in [4.78, 5) is 1.20. The Morgan fingerprint density at radius 2 is 1.67 bits per heavy atom. The summed E-state index contributed by atoms with van der Waals surface area (Å²) in [5.41, 5.74) is 1.36. The summed E-state index contributed by atoms with van der Waals surface area (Å²) in [6.45, 7) is 0. The van der Waals surface area contributed by atoms with Gasteiger partial charge in [-0.05, 0) is 5.56 Å². The molecule has 2 aromatic carbocycles. The topological polar surface area (TPSA) is 0 Å². The number of rotatable bonds is 3. The van der Waals surface area contributed by atoms with Gasteiger partial charge in [0, 0.05) is 5.75 Å². The molecule has 0 spiro atoms. The fourth-order valence-corrected chi connectivity index (χ4v) is 2.04. The molecule has 70 valence electrons. The van der Waals surface area contributed by atoms with Crippen molar-refractivity contribution in [2.45, 2.75) is 10.6 Å². The molecule has 2 heteroatoms. The zero-order valence-corrected chi connectivity index (χ0v) is 9.63. The Kier molecular flexibility index (Phi) is 5.64. The predicted molar refractivity (Wildman–Crippen MR) is 61.3 cm³/mol. The molecule has 0 radical (unpaired) electrons. The average Bonchev–Trinajstić information content (AvgIpc) is 2.29. The zero-order chi connectivity index (χ0) is 9.64. The zero-order valence-electron chi connectivity index (χ0n) is 8.81. The van der Waals surface area contributed by atoms with Crippen LogP contribution in [0.15, 0.2) is 59.5 Å². The molecule has 0 bridgehead atoms. The van der Waals surface area contributed by atoms with Gasteiger partial charge >= 0.3 is 18.9 Å². The third-order valence-corrected chi connectivity index (χ3v) is 2.96. The monoisotopic (exact) mass is 206 g/mol. The molecule has 0 fully saturated rings. The molecule has 0 N–H and O–H groups in total. The molecule has 0 heterocycles. The Labute approximate surface area is 107 Å². The summed E-state index contributed by atoms with van der Waals surface area (Å²) in [6.07, 6.45) is 0. The normalized spacial score (nSPS) is 9.33. The molecule has 0 aliphatic heterocycles. The van der Waals surface area contributed by atoms with E-state index < -0.39 is 0 Å². The quantitative estimate of drug-likeness (QED) is 0.406. The van der Waals surface area contributed by atoms with Crippen molar-refractivity contribution < 1.29 is 18.9 Å². The summed E-state index contributed by atoms with van der Waals surface area (Å²) < 4.78 is 0. The molecular weight excluding hydrogens is 195 g/mol. The summed E-state index contributed by atoms with van der Waals surface area (Å²) in [6, 6.07) is 21.8. The molecule has 15 heavy (non-hydrogen) atoms. The van der Waals surface area contributed by atoms with E-state index in [0.29, 0.717) is 0 Å². The van der Waals surface area contributed by atoms with Gasteiger partial charge in [-0.1, -0.05) is 30.3 Å². The molecule has 0 amide bonds. The number of benzene rings is 2. The van der Waals surface area contributed by atoms with Gasteiger partial charge in [-0.15, -0.1) is 16.7 Å². The van der Waals surface area contributed by atoms with Crippen LogP contribution in [0.25, 0.3) is 0 Å². The van der Waals surface area contributed by atoms with Gasteiger partial charge in [0.15, 0.2) is 0 Å². The van der Waals surface area contributed by atoms with Crippen molar-refractivity contribution in [3.8, 4) is 0 Å². The van der Waals surface area contributed by atoms with Crippen LogP contribution in [0.2, 0.25) is 0 Å². The molecule has 2 aromatic rings. The molecule has 2 rings (SSSR count). The number of hydrogen-bond donors (Lipinski definition) is 0. The van der Waals surface area contributed by atoms with Gasteiger partial charge in [0.1, 0.15) is 0 Å². The molecule has 0 saturated heterocycles. The van der Waals surface area contributed by atoms with Crippen molar-refractivity contribution in [1.29, 1.82) is 0 Å². The van der Waals surface area contributed by atoms with E-state index >= 15 is 0 Å². The minimum atomic E-state index is 0. The van der Waals surface area contributed by atoms with Gasteiger partial charge in [0.25, 0.3) is 0 Å². The second kappa shape index (κ2) is 6.79. The summed E-state index contributed by atoms with van der Waals surface area (Å²) >= 11 is 1.82. The maximum atomic E-state index is 3.20. The first kappa shape index (κ1) is 12.5. The second-order valence-corrected chi connectivity index (χ2v) is 4.02. The van der Waals surface area contributed by atoms with Crippen LogP contribution in [0.1, 0.15) is 5.56 Å². The fraction of sp³-hybridized carbons (Fsp3) is 0.0769. The van der Waals surface area contributed by atoms with Crippen LogP contribution in [0, 0.1) is 6.07 Å². The van der Waals surface area contributed by atoms with Crippen LogP contribution >= 0.6 is 11.8 Å². The van der Waals surface area contributed by atoms with Crippen molar-refractivity contribution in [3.63, 3.8) is 0 Å². The Bertz CT molecular complexity index is 333. The van der Waals surface area contributed by atoms with E-state index in [1.165, 1.54) is 10.5 Å². The van der Waals surface area contributed by atoms with E-state index in [4.69, 9.17) is 0 Å². The first-order chi connectivity index (χ1) is 6.95. The predicted octanol–water partition coefficient (Wildman–Crippen LogP) is 0.783. The fourth-order valence-electron chi connectivity index (χ4n) is 1.20. The third-order valence-electron chi connectivity index (χ3n) is 1.92. The minimum absolute atomic E-state index is 0. The van der Waals surface area contributed by atoms with Crippen molar-refractivity contribution in [3.05, 3.63) is 66.2 Å². The van der Waals surface area contributed by atoms with Crippen molar-refractivity contribution in [2.75, 3.05) is 0 Å². The van der Waals surface area contributed by atoms with E-state index in [0.717, 1.165) is 5.75 Å². The van der Waals surface area contributed by atoms with Gasteiger partial charge in [0.05, 0.1) is 0 Å². The largest absolute Gasteiger partial charge is 1.00 e. The standard InChI is InChI=1S/C13H11S.Li/c1-3-7-12(8-4-1)11-14-13-9-5-2-6-10-13;/h1-9H,11H2;/q-1;+1. The van der Waals surface area contributed by atoms with E-state index in [-0.39, 0.29) is 18.9 Å². The van der Waals surface area contributed by atoms with E-state index in [2.05, 4.69) is 36.4 Å². The first-order valence-corrected chi connectivity index (χ1v) is 5.57. The molecule has 0 aliphatic carbocycles. The second-order valence-electron chi connectivity index (χ2n) is 3.00. The van der Waals surface area contributed by atoms with Crippen LogP contribution in [0.4, 0.5) is 0 Å². The van der Waals surface area contributed by atoms with Crippen LogP contribution in [-0.4, -0.2) is 0 Å². The molecule has 0 atom stereocenters. The van der Waals surface area contributed by atoms with E-state index in [9.17, 15) is 0 Å². The van der Waals surface area contributed by atoms with Crippen molar-refractivity contribution >= 4 is 11.8 Å². The van der Waals surface area contributed by atoms with Gasteiger partial charge in [-0.3, -0.25) is 0 Å². The minimum Gasteiger partial charge on any atom is -0.176 e. The number of hydrogen-bond acceptors (Lipinski definition) is 1. The van der Waals surface area contributed by atoms with Crippen LogP contribution < -0.4 is 18.9 Å². The third kappa shape index (κ3) is 4.18. The summed E-state index contributed by atoms with van der Waals surface area (Å²) in [7, 11) is 0. The Hall–Kier alpha value is -0.613. The smallest absolute Gasteiger partial charge is 0.176 e. The molecule has 0 unspecified atom stereocenters. The van der Waals surface area contributed by atoms with Crippen molar-refractivity contribution in [1.82, 2.24) is 0 Å². The Morgan fingerprint density at radius 3 is 2.33 bits per heavy atom. The first-order valence-electron chi connectivity index (χ1n) is 4.58. The van der Waals surface area contributed by atoms with Gasteiger partial charge in [0.2, 0.25) is 0 Å². The van der Waals surface area contributed by atoms with Crippen LogP contribution in [-0.2, 0) is 5.75 Å². The SMILES string of the molecule is [Li+].[c-]1ccccc1SCc1ccccc1. The molecular formula is C13H11LiS. The maximum absolute atomic E-state index is 3.20. The number of thioether (sulfide) groups is 1. The van der Waals surface area contributed by atoms with E-state index in [1.54, 1.807) is 0 Å². The maximum Gasteiger partial charge on any atom is 1.00 e. The van der Waals surface area contributed by atoms with E-state index in [1.807, 2.05) is 36.0 Å². The molecule has 0 saturated carbocycles. The van der Waals surface area contributed by atoms with Gasteiger partial charge in [-0.25, -0.2) is 0 Å². The Balaban J connectivity index is 0.00000112. The van der Waals surface area contributed by atoms with Crippen molar-refractivity contribution in [2.24, 2.45) is 0 Å². The summed E-state index contributed by atoms with van der Waals surface area (Å²) in [5.74, 6) is 1.02. The molecule has 0 aromatic heterocycles. The van der Waals surface area contributed by atoms with Crippen LogP contribution in [0.5, 0.6) is 0 Å². The van der Waals surface area contributed by atoms with Gasteiger partial charge in [-0.2, -0.15) is 30.3 Å². The molecule has 0 aliphatic rings. The Morgan fingerprint density at radius 1 is 0.933 bits per heavy atom. The molecule has 0 nitrogen and oxygen atoms in total. The summed E-state index contributed by atoms with van der Waals surface area (Å²) in [5, 5.41) is 0. The average molecular weight is 206 g/mol. The van der Waals surface area contributed by atoms with Gasteiger partial charge < -0.3 is 0 Å².